The largest absolute Gasteiger partial charge is 0.364 e. The van der Waals surface area contributed by atoms with E-state index in [2.05, 4.69) is 25.8 Å². The Labute approximate surface area is 56.8 Å². The van der Waals surface area contributed by atoms with Gasteiger partial charge < -0.3 is 4.74 Å². The van der Waals surface area contributed by atoms with Gasteiger partial charge in [0.05, 0.1) is 13.3 Å². The maximum Gasteiger partial charge on any atom is 0.0991 e. The third-order valence-corrected chi connectivity index (χ3v) is 1.92. The van der Waals surface area contributed by atoms with E-state index in [1.165, 1.54) is 0 Å². The minimum atomic E-state index is 0.644. The third-order valence-electron chi connectivity index (χ3n) is 1.92. The minimum absolute atomic E-state index is 0.644. The molecule has 0 amide bonds. The molecule has 54 valence electrons. The van der Waals surface area contributed by atoms with Crippen molar-refractivity contribution in [1.82, 2.24) is 4.90 Å². The van der Waals surface area contributed by atoms with Gasteiger partial charge in [-0.1, -0.05) is 13.8 Å². The molecule has 0 aromatic heterocycles. The number of likely N-dealkylation sites (N-methyl/N-ethyl adjacent to an activating group) is 1. The summed E-state index contributed by atoms with van der Waals surface area (Å²) in [6, 6.07) is 0.644. The summed E-state index contributed by atoms with van der Waals surface area (Å²) in [7, 11) is 2.11. The molecule has 1 atom stereocenters. The number of nitrogens with zero attached hydrogens (tertiary/aromatic N) is 1. The summed E-state index contributed by atoms with van der Waals surface area (Å²) in [5, 5.41) is 0. The van der Waals surface area contributed by atoms with Crippen LogP contribution in [0.15, 0.2) is 0 Å². The van der Waals surface area contributed by atoms with Crippen molar-refractivity contribution in [3.05, 3.63) is 0 Å². The van der Waals surface area contributed by atoms with E-state index in [-0.39, 0.29) is 0 Å². The molecule has 1 heterocycles. The van der Waals surface area contributed by atoms with Crippen LogP contribution >= 0.6 is 0 Å². The summed E-state index contributed by atoms with van der Waals surface area (Å²) in [6.45, 7) is 6.18. The van der Waals surface area contributed by atoms with E-state index in [0.29, 0.717) is 6.04 Å². The van der Waals surface area contributed by atoms with Crippen LogP contribution in [0.2, 0.25) is 0 Å². The predicted octanol–water partition coefficient (Wildman–Crippen LogP) is 0.930. The monoisotopic (exact) mass is 129 g/mol. The Morgan fingerprint density at radius 1 is 1.56 bits per heavy atom. The molecule has 0 aliphatic carbocycles. The molecular weight excluding hydrogens is 114 g/mol. The molecule has 0 aromatic rings. The van der Waals surface area contributed by atoms with Gasteiger partial charge in [-0.2, -0.15) is 0 Å². The quantitative estimate of drug-likeness (QED) is 0.522. The molecule has 1 aliphatic rings. The zero-order valence-corrected chi connectivity index (χ0v) is 6.42. The number of hydrogen-bond acceptors (Lipinski definition) is 2. The van der Waals surface area contributed by atoms with Crippen molar-refractivity contribution in [3.8, 4) is 0 Å². The Kier molecular flexibility index (Phi) is 2.09. The van der Waals surface area contributed by atoms with Gasteiger partial charge in [-0.25, -0.2) is 0 Å². The molecule has 0 N–H and O–H groups in total. The molecule has 1 rings (SSSR count). The van der Waals surface area contributed by atoms with Gasteiger partial charge in [0.2, 0.25) is 0 Å². The first-order valence-electron chi connectivity index (χ1n) is 3.50. The molecule has 0 spiro atoms. The summed E-state index contributed by atoms with van der Waals surface area (Å²) in [6.07, 6.45) is 0. The molecule has 0 unspecified atom stereocenters. The molecule has 9 heavy (non-hydrogen) atoms. The van der Waals surface area contributed by atoms with Gasteiger partial charge in [-0.05, 0) is 13.0 Å². The summed E-state index contributed by atoms with van der Waals surface area (Å²) < 4.78 is 5.26. The van der Waals surface area contributed by atoms with Gasteiger partial charge in [-0.3, -0.25) is 4.90 Å². The Hall–Kier alpha value is -0.0800. The van der Waals surface area contributed by atoms with Crippen molar-refractivity contribution in [2.45, 2.75) is 19.9 Å². The zero-order valence-electron chi connectivity index (χ0n) is 6.42. The molecule has 1 saturated heterocycles. The number of ether oxygens (including phenoxy) is 1. The smallest absolute Gasteiger partial charge is 0.0991 e. The second-order valence-electron chi connectivity index (χ2n) is 3.07. The van der Waals surface area contributed by atoms with Gasteiger partial charge in [-0.15, -0.1) is 0 Å². The van der Waals surface area contributed by atoms with Crippen LogP contribution in [0.25, 0.3) is 0 Å². The van der Waals surface area contributed by atoms with Crippen LogP contribution in [0.5, 0.6) is 0 Å². The highest BCUT2D eigenvalue weighted by atomic mass is 16.5. The van der Waals surface area contributed by atoms with Crippen LogP contribution in [0.1, 0.15) is 13.8 Å². The van der Waals surface area contributed by atoms with Crippen molar-refractivity contribution < 1.29 is 4.74 Å². The number of rotatable bonds is 1. The highest BCUT2D eigenvalue weighted by Gasteiger charge is 2.23. The fraction of sp³-hybridized carbons (Fsp3) is 1.00. The fourth-order valence-electron chi connectivity index (χ4n) is 1.24. The van der Waals surface area contributed by atoms with Crippen LogP contribution < -0.4 is 0 Å². The van der Waals surface area contributed by atoms with Gasteiger partial charge in [0, 0.05) is 6.04 Å². The van der Waals surface area contributed by atoms with Crippen LogP contribution in [0.4, 0.5) is 0 Å². The van der Waals surface area contributed by atoms with Gasteiger partial charge >= 0.3 is 0 Å². The molecule has 2 nitrogen and oxygen atoms in total. The predicted molar refractivity (Wildman–Crippen MR) is 37.2 cm³/mol. The normalized spacial score (nSPS) is 30.0. The Balaban J connectivity index is 2.40. The Morgan fingerprint density at radius 2 is 2.22 bits per heavy atom. The van der Waals surface area contributed by atoms with E-state index >= 15 is 0 Å². The van der Waals surface area contributed by atoms with Crippen LogP contribution in [-0.2, 0) is 4.74 Å². The van der Waals surface area contributed by atoms with E-state index in [0.717, 1.165) is 19.3 Å². The lowest BCUT2D eigenvalue weighted by Gasteiger charge is -2.19. The van der Waals surface area contributed by atoms with Crippen molar-refractivity contribution in [3.63, 3.8) is 0 Å². The average Bonchev–Trinajstić information content (AvgIpc) is 2.13. The third kappa shape index (κ3) is 1.43. The second kappa shape index (κ2) is 2.67. The zero-order chi connectivity index (χ0) is 6.85. The lowest BCUT2D eigenvalue weighted by molar-refractivity contribution is 0.153. The highest BCUT2D eigenvalue weighted by Crippen LogP contribution is 2.14. The molecule has 2 heteroatoms. The topological polar surface area (TPSA) is 12.5 Å². The first kappa shape index (κ1) is 7.03. The first-order valence-corrected chi connectivity index (χ1v) is 3.50. The average molecular weight is 129 g/mol. The first-order chi connectivity index (χ1) is 4.22. The highest BCUT2D eigenvalue weighted by molar-refractivity contribution is 4.73. The van der Waals surface area contributed by atoms with Crippen LogP contribution in [-0.4, -0.2) is 31.3 Å². The lowest BCUT2D eigenvalue weighted by Crippen LogP contribution is -2.31. The molecule has 0 bridgehead atoms. The molecule has 0 radical (unpaired) electrons. The van der Waals surface area contributed by atoms with Crippen molar-refractivity contribution in [2.75, 3.05) is 20.4 Å². The summed E-state index contributed by atoms with van der Waals surface area (Å²) >= 11 is 0. The van der Waals surface area contributed by atoms with Gasteiger partial charge in [0.25, 0.3) is 0 Å². The van der Waals surface area contributed by atoms with Gasteiger partial charge in [0.1, 0.15) is 0 Å². The maximum atomic E-state index is 5.26. The number of hydrogen-bond donors (Lipinski definition) is 0. The maximum absolute atomic E-state index is 5.26. The molecule has 1 aliphatic heterocycles. The SMILES string of the molecule is CC(C)[C@@H]1COCN1C. The van der Waals surface area contributed by atoms with E-state index in [4.69, 9.17) is 4.74 Å². The molecule has 1 fully saturated rings. The van der Waals surface area contributed by atoms with Crippen molar-refractivity contribution in [2.24, 2.45) is 5.92 Å². The Bertz CT molecular complexity index is 92.9. The molecule has 0 aromatic carbocycles. The Morgan fingerprint density at radius 3 is 2.44 bits per heavy atom. The summed E-state index contributed by atoms with van der Waals surface area (Å²) in [5.41, 5.74) is 0. The summed E-state index contributed by atoms with van der Waals surface area (Å²) in [5.74, 6) is 0.720. The van der Waals surface area contributed by atoms with Crippen LogP contribution in [0, 0.1) is 5.92 Å². The minimum Gasteiger partial charge on any atom is -0.364 e. The fourth-order valence-corrected chi connectivity index (χ4v) is 1.24. The molecular formula is C7H15NO. The van der Waals surface area contributed by atoms with Crippen molar-refractivity contribution in [1.29, 1.82) is 0 Å². The lowest BCUT2D eigenvalue weighted by atomic mass is 10.1. The van der Waals surface area contributed by atoms with E-state index in [9.17, 15) is 0 Å². The van der Waals surface area contributed by atoms with Crippen LogP contribution in [0.3, 0.4) is 0 Å². The van der Waals surface area contributed by atoms with Gasteiger partial charge in [0.15, 0.2) is 0 Å². The van der Waals surface area contributed by atoms with Crippen molar-refractivity contribution >= 4 is 0 Å². The summed E-state index contributed by atoms with van der Waals surface area (Å²) in [4.78, 5) is 2.25. The van der Waals surface area contributed by atoms with E-state index < -0.39 is 0 Å². The van der Waals surface area contributed by atoms with E-state index in [1.807, 2.05) is 0 Å². The second-order valence-corrected chi connectivity index (χ2v) is 3.07. The standard InChI is InChI=1S/C7H15NO/c1-6(2)7-4-9-5-8(7)3/h6-7H,4-5H2,1-3H3/t7-/m0/s1. The molecule has 0 saturated carbocycles. The van der Waals surface area contributed by atoms with E-state index in [1.54, 1.807) is 0 Å².